The molecule has 1 spiro atoms. The highest BCUT2D eigenvalue weighted by Crippen LogP contribution is 2.50. The molecule has 1 unspecified atom stereocenters. The first kappa shape index (κ1) is 10.6. The maximum Gasteiger partial charge on any atom is 0.0447 e. The highest BCUT2D eigenvalue weighted by atomic mass is 35.5. The van der Waals surface area contributed by atoms with Gasteiger partial charge in [0.2, 0.25) is 0 Å². The van der Waals surface area contributed by atoms with Gasteiger partial charge in [-0.2, -0.15) is 0 Å². The van der Waals surface area contributed by atoms with Crippen LogP contribution < -0.4 is 5.73 Å². The van der Waals surface area contributed by atoms with Crippen molar-refractivity contribution in [3.63, 3.8) is 0 Å². The molecular formula is C14H18ClN. The van der Waals surface area contributed by atoms with Gasteiger partial charge in [-0.05, 0) is 42.9 Å². The van der Waals surface area contributed by atoms with E-state index >= 15 is 0 Å². The van der Waals surface area contributed by atoms with Crippen LogP contribution in [0.1, 0.15) is 43.2 Å². The number of hydrogen-bond acceptors (Lipinski definition) is 1. The van der Waals surface area contributed by atoms with Gasteiger partial charge in [-0.1, -0.05) is 36.6 Å². The zero-order valence-corrected chi connectivity index (χ0v) is 10.3. The van der Waals surface area contributed by atoms with Crippen molar-refractivity contribution in [2.75, 3.05) is 0 Å². The van der Waals surface area contributed by atoms with Gasteiger partial charge in [-0.25, -0.2) is 0 Å². The lowest BCUT2D eigenvalue weighted by Gasteiger charge is -2.42. The molecule has 0 amide bonds. The second-order valence-corrected chi connectivity index (χ2v) is 5.69. The largest absolute Gasteiger partial charge is 0.327 e. The molecule has 0 bridgehead atoms. The normalized spacial score (nSPS) is 27.0. The molecule has 86 valence electrons. The van der Waals surface area contributed by atoms with Crippen LogP contribution in [0.3, 0.4) is 0 Å². The Hall–Kier alpha value is -0.530. The third-order valence-corrected chi connectivity index (χ3v) is 4.84. The van der Waals surface area contributed by atoms with Crippen LogP contribution in [0.25, 0.3) is 0 Å². The molecule has 0 saturated heterocycles. The number of hydrogen-bond donors (Lipinski definition) is 1. The maximum absolute atomic E-state index is 6.42. The second-order valence-electron chi connectivity index (χ2n) is 5.28. The smallest absolute Gasteiger partial charge is 0.0447 e. The van der Waals surface area contributed by atoms with Crippen molar-refractivity contribution in [2.24, 2.45) is 5.73 Å². The molecule has 1 aromatic rings. The van der Waals surface area contributed by atoms with E-state index in [9.17, 15) is 0 Å². The molecule has 2 heteroatoms. The third kappa shape index (κ3) is 1.34. The Morgan fingerprint density at radius 3 is 2.75 bits per heavy atom. The molecule has 1 nitrogen and oxygen atoms in total. The Labute approximate surface area is 102 Å². The van der Waals surface area contributed by atoms with Gasteiger partial charge in [0.15, 0.2) is 0 Å². The minimum Gasteiger partial charge on any atom is -0.327 e. The number of aryl methyl sites for hydroxylation is 1. The van der Waals surface area contributed by atoms with E-state index in [1.807, 2.05) is 6.07 Å². The molecule has 1 saturated carbocycles. The van der Waals surface area contributed by atoms with E-state index < -0.39 is 0 Å². The molecule has 1 atom stereocenters. The van der Waals surface area contributed by atoms with Gasteiger partial charge in [0.25, 0.3) is 0 Å². The Kier molecular flexibility index (Phi) is 2.49. The van der Waals surface area contributed by atoms with Crippen molar-refractivity contribution < 1.29 is 0 Å². The van der Waals surface area contributed by atoms with Gasteiger partial charge in [0.1, 0.15) is 0 Å². The third-order valence-electron chi connectivity index (χ3n) is 4.53. The van der Waals surface area contributed by atoms with Crippen LogP contribution in [-0.2, 0) is 11.8 Å². The summed E-state index contributed by atoms with van der Waals surface area (Å²) in [4.78, 5) is 0. The van der Waals surface area contributed by atoms with Gasteiger partial charge in [-0.15, -0.1) is 0 Å². The molecule has 2 aliphatic rings. The highest BCUT2D eigenvalue weighted by molar-refractivity contribution is 6.31. The average Bonchev–Trinajstić information content (AvgIpc) is 2.74. The highest BCUT2D eigenvalue weighted by Gasteiger charge is 2.45. The molecular weight excluding hydrogens is 218 g/mol. The van der Waals surface area contributed by atoms with Crippen molar-refractivity contribution >= 4 is 11.6 Å². The predicted molar refractivity (Wildman–Crippen MR) is 67.9 cm³/mol. The Bertz CT molecular complexity index is 407. The van der Waals surface area contributed by atoms with E-state index in [2.05, 4.69) is 12.1 Å². The monoisotopic (exact) mass is 235 g/mol. The van der Waals surface area contributed by atoms with Crippen LogP contribution in [0.2, 0.25) is 5.02 Å². The number of rotatable bonds is 0. The minimum absolute atomic E-state index is 0.200. The van der Waals surface area contributed by atoms with E-state index in [1.54, 1.807) is 0 Å². The number of nitrogens with two attached hydrogens (primary N) is 1. The van der Waals surface area contributed by atoms with Gasteiger partial charge in [-0.3, -0.25) is 0 Å². The molecule has 16 heavy (non-hydrogen) atoms. The molecule has 0 heterocycles. The van der Waals surface area contributed by atoms with Gasteiger partial charge in [0, 0.05) is 16.5 Å². The molecule has 1 aromatic carbocycles. The van der Waals surface area contributed by atoms with E-state index in [4.69, 9.17) is 17.3 Å². The Balaban J connectivity index is 2.19. The first-order valence-corrected chi connectivity index (χ1v) is 6.65. The average molecular weight is 236 g/mol. The first-order chi connectivity index (χ1) is 7.74. The van der Waals surface area contributed by atoms with Crippen molar-refractivity contribution in [2.45, 2.75) is 50.0 Å². The lowest BCUT2D eigenvalue weighted by atomic mass is 9.66. The summed E-state index contributed by atoms with van der Waals surface area (Å²) in [6.07, 6.45) is 7.28. The molecule has 1 fully saturated rings. The lowest BCUT2D eigenvalue weighted by molar-refractivity contribution is 0.313. The van der Waals surface area contributed by atoms with E-state index in [0.29, 0.717) is 6.04 Å². The second kappa shape index (κ2) is 3.75. The molecule has 0 aromatic heterocycles. The summed E-state index contributed by atoms with van der Waals surface area (Å²) in [5, 5.41) is 0.939. The van der Waals surface area contributed by atoms with Crippen LogP contribution in [0, 0.1) is 0 Å². The van der Waals surface area contributed by atoms with Crippen molar-refractivity contribution in [3.8, 4) is 0 Å². The molecule has 2 N–H and O–H groups in total. The fraction of sp³-hybridized carbons (Fsp3) is 0.571. The summed E-state index contributed by atoms with van der Waals surface area (Å²) in [6.45, 7) is 0. The number of benzene rings is 1. The van der Waals surface area contributed by atoms with Crippen LogP contribution in [0.5, 0.6) is 0 Å². The Morgan fingerprint density at radius 1 is 1.25 bits per heavy atom. The van der Waals surface area contributed by atoms with E-state index in [0.717, 1.165) is 17.9 Å². The minimum atomic E-state index is 0.200. The molecule has 2 aliphatic carbocycles. The van der Waals surface area contributed by atoms with Gasteiger partial charge >= 0.3 is 0 Å². The lowest BCUT2D eigenvalue weighted by Crippen LogP contribution is -2.47. The summed E-state index contributed by atoms with van der Waals surface area (Å²) < 4.78 is 0. The Morgan fingerprint density at radius 2 is 2.00 bits per heavy atom. The van der Waals surface area contributed by atoms with Gasteiger partial charge < -0.3 is 5.73 Å². The van der Waals surface area contributed by atoms with Crippen LogP contribution in [-0.4, -0.2) is 6.04 Å². The number of halogens is 1. The van der Waals surface area contributed by atoms with Crippen LogP contribution >= 0.6 is 11.6 Å². The molecule has 0 aliphatic heterocycles. The van der Waals surface area contributed by atoms with Crippen LogP contribution in [0.4, 0.5) is 0 Å². The van der Waals surface area contributed by atoms with Crippen molar-refractivity contribution in [1.29, 1.82) is 0 Å². The zero-order chi connectivity index (χ0) is 11.2. The van der Waals surface area contributed by atoms with Gasteiger partial charge in [0.05, 0.1) is 0 Å². The van der Waals surface area contributed by atoms with Crippen LogP contribution in [0.15, 0.2) is 18.2 Å². The predicted octanol–water partition coefficient (Wildman–Crippen LogP) is 3.43. The summed E-state index contributed by atoms with van der Waals surface area (Å²) in [7, 11) is 0. The van der Waals surface area contributed by atoms with Crippen molar-refractivity contribution in [3.05, 3.63) is 34.3 Å². The topological polar surface area (TPSA) is 26.0 Å². The standard InChI is InChI=1S/C14H18ClN/c15-11-5-3-4-10-6-7-12(16)14(13(10)11)8-1-2-9-14/h3-5,12H,1-2,6-9,16H2. The fourth-order valence-corrected chi connectivity index (χ4v) is 4.12. The molecule has 3 rings (SSSR count). The summed E-state index contributed by atoms with van der Waals surface area (Å²) in [5.74, 6) is 0. The first-order valence-electron chi connectivity index (χ1n) is 6.27. The fourth-order valence-electron chi connectivity index (χ4n) is 3.73. The zero-order valence-electron chi connectivity index (χ0n) is 9.51. The summed E-state index contributed by atoms with van der Waals surface area (Å²) in [5.41, 5.74) is 9.42. The van der Waals surface area contributed by atoms with Crippen molar-refractivity contribution in [1.82, 2.24) is 0 Å². The quantitative estimate of drug-likeness (QED) is 0.733. The van der Waals surface area contributed by atoms with E-state index in [1.165, 1.54) is 36.8 Å². The maximum atomic E-state index is 6.42. The molecule has 0 radical (unpaired) electrons. The van der Waals surface area contributed by atoms with E-state index in [-0.39, 0.29) is 5.41 Å². The SMILES string of the molecule is NC1CCc2cccc(Cl)c2C12CCCC2. The number of fused-ring (bicyclic) bond motifs is 2. The summed E-state index contributed by atoms with van der Waals surface area (Å²) >= 11 is 6.42. The summed E-state index contributed by atoms with van der Waals surface area (Å²) in [6, 6.07) is 6.63.